The molecular formula is C14H18NO2. The first-order valence-electron chi connectivity index (χ1n) is 5.71. The topological polar surface area (TPSA) is 21.7 Å². The Bertz CT molecular complexity index is 426. The van der Waals surface area contributed by atoms with Crippen molar-refractivity contribution in [1.82, 2.24) is 4.90 Å². The Morgan fingerprint density at radius 3 is 2.65 bits per heavy atom. The number of nitrogens with zero attached hydrogens (tertiary/aromatic N) is 1. The molecule has 0 unspecified atom stereocenters. The van der Waals surface area contributed by atoms with Gasteiger partial charge in [0.1, 0.15) is 11.5 Å². The van der Waals surface area contributed by atoms with E-state index in [1.54, 1.807) is 14.2 Å². The number of rotatable bonds is 3. The van der Waals surface area contributed by atoms with Crippen LogP contribution in [0.25, 0.3) is 5.57 Å². The first-order valence-corrected chi connectivity index (χ1v) is 5.71. The lowest BCUT2D eigenvalue weighted by atomic mass is 9.98. The van der Waals surface area contributed by atoms with Gasteiger partial charge in [0, 0.05) is 31.8 Å². The molecule has 0 saturated carbocycles. The van der Waals surface area contributed by atoms with Crippen LogP contribution in [-0.2, 0) is 0 Å². The summed E-state index contributed by atoms with van der Waals surface area (Å²) in [7, 11) is 7.28. The van der Waals surface area contributed by atoms with Crippen LogP contribution in [0.2, 0.25) is 0 Å². The van der Waals surface area contributed by atoms with E-state index in [9.17, 15) is 0 Å². The van der Waals surface area contributed by atoms with Gasteiger partial charge in [-0.15, -0.1) is 0 Å². The fourth-order valence-electron chi connectivity index (χ4n) is 2.02. The molecule has 1 radical (unpaired) electrons. The number of hydrogen-bond donors (Lipinski definition) is 0. The van der Waals surface area contributed by atoms with Crippen molar-refractivity contribution in [2.45, 2.75) is 6.42 Å². The Morgan fingerprint density at radius 1 is 1.24 bits per heavy atom. The van der Waals surface area contributed by atoms with Crippen molar-refractivity contribution in [2.75, 3.05) is 27.3 Å². The zero-order valence-corrected chi connectivity index (χ0v) is 10.4. The van der Waals surface area contributed by atoms with Crippen LogP contribution in [-0.4, -0.2) is 32.2 Å². The summed E-state index contributed by atoms with van der Waals surface area (Å²) in [5.41, 5.74) is 2.48. The smallest absolute Gasteiger partial charge is 0.130 e. The molecule has 0 aromatic heterocycles. The molecular weight excluding hydrogens is 214 g/mol. The van der Waals surface area contributed by atoms with E-state index >= 15 is 0 Å². The summed E-state index contributed by atoms with van der Waals surface area (Å²) in [6, 6.07) is 5.95. The third kappa shape index (κ3) is 2.61. The van der Waals surface area contributed by atoms with Crippen LogP contribution >= 0.6 is 0 Å². The minimum absolute atomic E-state index is 0.820. The monoisotopic (exact) mass is 232 g/mol. The third-order valence-electron chi connectivity index (χ3n) is 3.05. The molecule has 91 valence electrons. The summed E-state index contributed by atoms with van der Waals surface area (Å²) in [6.45, 7) is 1.88. The number of benzene rings is 1. The normalized spacial score (nSPS) is 16.5. The molecule has 1 heterocycles. The van der Waals surface area contributed by atoms with Crippen LogP contribution < -0.4 is 9.47 Å². The van der Waals surface area contributed by atoms with Gasteiger partial charge in [-0.05, 0) is 24.1 Å². The first-order chi connectivity index (χ1) is 8.24. The molecule has 0 N–H and O–H groups in total. The average Bonchev–Trinajstić information content (AvgIpc) is 2.39. The first kappa shape index (κ1) is 12.0. The van der Waals surface area contributed by atoms with E-state index in [1.165, 1.54) is 5.57 Å². The second-order valence-corrected chi connectivity index (χ2v) is 4.12. The van der Waals surface area contributed by atoms with Crippen LogP contribution in [0.4, 0.5) is 0 Å². The lowest BCUT2D eigenvalue weighted by Gasteiger charge is -2.23. The Hall–Kier alpha value is -1.48. The zero-order valence-electron chi connectivity index (χ0n) is 10.4. The SMILES string of the molecule is [CH2]N1CC=C(c2ccc(OC)cc2OC)CC1. The number of hydrogen-bond acceptors (Lipinski definition) is 3. The van der Waals surface area contributed by atoms with Crippen molar-refractivity contribution in [3.05, 3.63) is 36.9 Å². The highest BCUT2D eigenvalue weighted by Crippen LogP contribution is 2.32. The predicted octanol–water partition coefficient (Wildman–Crippen LogP) is 2.58. The second-order valence-electron chi connectivity index (χ2n) is 4.12. The molecule has 0 aliphatic carbocycles. The van der Waals surface area contributed by atoms with Gasteiger partial charge in [0.25, 0.3) is 0 Å². The second kappa shape index (κ2) is 5.23. The van der Waals surface area contributed by atoms with Crippen molar-refractivity contribution < 1.29 is 9.47 Å². The van der Waals surface area contributed by atoms with Gasteiger partial charge in [-0.2, -0.15) is 0 Å². The van der Waals surface area contributed by atoms with E-state index in [1.807, 2.05) is 12.1 Å². The Balaban J connectivity index is 2.32. The van der Waals surface area contributed by atoms with Gasteiger partial charge >= 0.3 is 0 Å². The van der Waals surface area contributed by atoms with E-state index in [0.29, 0.717) is 0 Å². The highest BCUT2D eigenvalue weighted by Gasteiger charge is 2.14. The Morgan fingerprint density at radius 2 is 2.06 bits per heavy atom. The molecule has 1 aromatic carbocycles. The van der Waals surface area contributed by atoms with Crippen LogP contribution in [0.1, 0.15) is 12.0 Å². The molecule has 2 rings (SSSR count). The van der Waals surface area contributed by atoms with Gasteiger partial charge < -0.3 is 9.47 Å². The predicted molar refractivity (Wildman–Crippen MR) is 69.1 cm³/mol. The fourth-order valence-corrected chi connectivity index (χ4v) is 2.02. The van der Waals surface area contributed by atoms with Crippen molar-refractivity contribution in [3.63, 3.8) is 0 Å². The maximum Gasteiger partial charge on any atom is 0.130 e. The average molecular weight is 232 g/mol. The highest BCUT2D eigenvalue weighted by molar-refractivity contribution is 5.72. The van der Waals surface area contributed by atoms with Crippen LogP contribution in [0.15, 0.2) is 24.3 Å². The highest BCUT2D eigenvalue weighted by atomic mass is 16.5. The lowest BCUT2D eigenvalue weighted by Crippen LogP contribution is -2.21. The molecule has 0 amide bonds. The molecule has 0 atom stereocenters. The molecule has 1 aliphatic rings. The summed E-state index contributed by atoms with van der Waals surface area (Å²) in [6.07, 6.45) is 3.22. The van der Waals surface area contributed by atoms with Crippen molar-refractivity contribution in [3.8, 4) is 11.5 Å². The molecule has 17 heavy (non-hydrogen) atoms. The quantitative estimate of drug-likeness (QED) is 0.799. The molecule has 3 nitrogen and oxygen atoms in total. The van der Waals surface area contributed by atoms with E-state index < -0.39 is 0 Å². The van der Waals surface area contributed by atoms with Crippen LogP contribution in [0.3, 0.4) is 0 Å². The Kier molecular flexibility index (Phi) is 3.69. The molecule has 3 heteroatoms. The molecule has 0 spiro atoms. The van der Waals surface area contributed by atoms with Gasteiger partial charge in [0.05, 0.1) is 14.2 Å². The lowest BCUT2D eigenvalue weighted by molar-refractivity contribution is 0.391. The molecule has 1 aromatic rings. The minimum atomic E-state index is 0.820. The van der Waals surface area contributed by atoms with Crippen molar-refractivity contribution >= 4 is 5.57 Å². The summed E-state index contributed by atoms with van der Waals surface area (Å²) in [5.74, 6) is 1.69. The maximum absolute atomic E-state index is 5.42. The van der Waals surface area contributed by atoms with E-state index in [-0.39, 0.29) is 0 Å². The summed E-state index contributed by atoms with van der Waals surface area (Å²) in [5, 5.41) is 0. The number of ether oxygens (including phenoxy) is 2. The van der Waals surface area contributed by atoms with Gasteiger partial charge in [-0.1, -0.05) is 6.08 Å². The van der Waals surface area contributed by atoms with E-state index in [2.05, 4.69) is 24.1 Å². The van der Waals surface area contributed by atoms with Gasteiger partial charge in [0.15, 0.2) is 0 Å². The minimum Gasteiger partial charge on any atom is -0.497 e. The Labute approximate surface area is 103 Å². The van der Waals surface area contributed by atoms with Gasteiger partial charge in [-0.25, -0.2) is 0 Å². The summed E-state index contributed by atoms with van der Waals surface area (Å²) >= 11 is 0. The van der Waals surface area contributed by atoms with Crippen LogP contribution in [0.5, 0.6) is 11.5 Å². The maximum atomic E-state index is 5.42. The van der Waals surface area contributed by atoms with E-state index in [0.717, 1.165) is 36.6 Å². The van der Waals surface area contributed by atoms with Crippen molar-refractivity contribution in [1.29, 1.82) is 0 Å². The molecule has 0 bridgehead atoms. The number of methoxy groups -OCH3 is 2. The van der Waals surface area contributed by atoms with Gasteiger partial charge in [0.2, 0.25) is 0 Å². The standard InChI is InChI=1S/C14H18NO2/c1-15-8-6-11(7-9-15)13-5-4-12(16-2)10-14(13)17-3/h4-6,10H,1,7-9H2,2-3H3. The molecule has 0 saturated heterocycles. The fraction of sp³-hybridized carbons (Fsp3) is 0.357. The summed E-state index contributed by atoms with van der Waals surface area (Å²) < 4.78 is 10.6. The van der Waals surface area contributed by atoms with Crippen LogP contribution in [0, 0.1) is 7.05 Å². The third-order valence-corrected chi connectivity index (χ3v) is 3.05. The largest absolute Gasteiger partial charge is 0.497 e. The van der Waals surface area contributed by atoms with Crippen molar-refractivity contribution in [2.24, 2.45) is 0 Å². The molecule has 1 aliphatic heterocycles. The van der Waals surface area contributed by atoms with E-state index in [4.69, 9.17) is 9.47 Å². The zero-order chi connectivity index (χ0) is 12.3. The van der Waals surface area contributed by atoms with Gasteiger partial charge in [-0.3, -0.25) is 4.90 Å². The molecule has 0 fully saturated rings. The summed E-state index contributed by atoms with van der Waals surface area (Å²) in [4.78, 5) is 2.06.